The highest BCUT2D eigenvalue weighted by atomic mass is 16.3. The van der Waals surface area contributed by atoms with Gasteiger partial charge in [-0.15, -0.1) is 0 Å². The van der Waals surface area contributed by atoms with E-state index in [1.54, 1.807) is 13.8 Å². The Labute approximate surface area is 237 Å². The fourth-order valence-corrected chi connectivity index (χ4v) is 6.72. The largest absolute Gasteiger partial charge is 0.510 e. The lowest BCUT2D eigenvalue weighted by Gasteiger charge is -2.61. The van der Waals surface area contributed by atoms with E-state index in [2.05, 4.69) is 12.2 Å². The molecule has 4 atom stereocenters. The van der Waals surface area contributed by atoms with Gasteiger partial charge < -0.3 is 5.11 Å². The summed E-state index contributed by atoms with van der Waals surface area (Å²) in [6.45, 7) is 21.6. The van der Waals surface area contributed by atoms with E-state index < -0.39 is 22.2 Å². The van der Waals surface area contributed by atoms with Gasteiger partial charge in [0.05, 0.1) is 5.41 Å². The van der Waals surface area contributed by atoms with Crippen LogP contribution in [0.25, 0.3) is 0 Å². The molecule has 0 amide bonds. The number of hydrogen-bond acceptors (Lipinski definition) is 4. The number of aliphatic hydroxyl groups excluding tert-OH is 1. The highest BCUT2D eigenvalue weighted by Crippen LogP contribution is 2.68. The summed E-state index contributed by atoms with van der Waals surface area (Å²) >= 11 is 0. The Balaban J connectivity index is 3.11. The minimum absolute atomic E-state index is 0.139. The molecule has 0 heterocycles. The van der Waals surface area contributed by atoms with Gasteiger partial charge in [-0.3, -0.25) is 14.4 Å². The van der Waals surface area contributed by atoms with Crippen LogP contribution in [0.3, 0.4) is 0 Å². The summed E-state index contributed by atoms with van der Waals surface area (Å²) in [4.78, 5) is 43.9. The van der Waals surface area contributed by atoms with Gasteiger partial charge in [0.15, 0.2) is 22.8 Å². The van der Waals surface area contributed by atoms with Crippen LogP contribution in [0.4, 0.5) is 0 Å². The summed E-state index contributed by atoms with van der Waals surface area (Å²) in [7, 11) is 0. The molecule has 39 heavy (non-hydrogen) atoms. The highest BCUT2D eigenvalue weighted by molar-refractivity contribution is 6.27. The molecule has 1 fully saturated rings. The molecule has 2 rings (SSSR count). The Hall–Kier alpha value is -2.49. The van der Waals surface area contributed by atoms with E-state index in [1.807, 2.05) is 74.5 Å². The maximum absolute atomic E-state index is 15.0. The van der Waals surface area contributed by atoms with Gasteiger partial charge in [-0.05, 0) is 105 Å². The van der Waals surface area contributed by atoms with Crippen molar-refractivity contribution in [1.29, 1.82) is 0 Å². The summed E-state index contributed by atoms with van der Waals surface area (Å²) in [6, 6.07) is 0. The first-order chi connectivity index (χ1) is 18.0. The summed E-state index contributed by atoms with van der Waals surface area (Å²) in [5, 5.41) is 12.2. The van der Waals surface area contributed by atoms with Crippen LogP contribution in [0, 0.1) is 28.1 Å². The Bertz CT molecular complexity index is 1140. The predicted molar refractivity (Wildman–Crippen MR) is 161 cm³/mol. The van der Waals surface area contributed by atoms with Crippen LogP contribution >= 0.6 is 0 Å². The molecular formula is C35H52O4. The smallest absolute Gasteiger partial charge is 0.176 e. The molecule has 0 radical (unpaired) electrons. The molecular weight excluding hydrogens is 484 g/mol. The van der Waals surface area contributed by atoms with E-state index >= 15 is 0 Å². The molecule has 0 aromatic carbocycles. The van der Waals surface area contributed by atoms with Crippen LogP contribution in [-0.2, 0) is 14.4 Å². The predicted octanol–water partition coefficient (Wildman–Crippen LogP) is 8.99. The van der Waals surface area contributed by atoms with Gasteiger partial charge in [-0.2, -0.15) is 0 Å². The molecule has 4 heteroatoms. The van der Waals surface area contributed by atoms with Gasteiger partial charge >= 0.3 is 0 Å². The third-order valence-corrected chi connectivity index (χ3v) is 8.97. The molecule has 0 spiro atoms. The van der Waals surface area contributed by atoms with Crippen molar-refractivity contribution in [2.45, 2.75) is 115 Å². The number of allylic oxidation sites excluding steroid dienone is 10. The van der Waals surface area contributed by atoms with E-state index in [0.29, 0.717) is 25.7 Å². The Morgan fingerprint density at radius 1 is 0.897 bits per heavy atom. The molecule has 2 aliphatic rings. The quantitative estimate of drug-likeness (QED) is 0.211. The average Bonchev–Trinajstić information content (AvgIpc) is 2.81. The number of Topliss-reactive ketones (excluding diaryl/α,β-unsaturated/α-hetero) is 3. The third kappa shape index (κ3) is 5.86. The van der Waals surface area contributed by atoms with Gasteiger partial charge in [0.25, 0.3) is 0 Å². The van der Waals surface area contributed by atoms with Gasteiger partial charge in [-0.1, -0.05) is 67.4 Å². The molecule has 2 unspecified atom stereocenters. The summed E-state index contributed by atoms with van der Waals surface area (Å²) in [5.41, 5.74) is 0.611. The lowest BCUT2D eigenvalue weighted by molar-refractivity contribution is -0.178. The first-order valence-corrected chi connectivity index (χ1v) is 14.6. The molecule has 2 bridgehead atoms. The van der Waals surface area contributed by atoms with E-state index in [1.165, 1.54) is 5.57 Å². The van der Waals surface area contributed by atoms with E-state index in [9.17, 15) is 19.5 Å². The molecule has 0 aromatic heterocycles. The molecule has 4 nitrogen and oxygen atoms in total. The highest BCUT2D eigenvalue weighted by Gasteiger charge is 2.75. The topological polar surface area (TPSA) is 71.4 Å². The van der Waals surface area contributed by atoms with E-state index in [0.717, 1.165) is 16.7 Å². The van der Waals surface area contributed by atoms with Crippen LogP contribution < -0.4 is 0 Å². The van der Waals surface area contributed by atoms with Gasteiger partial charge in [-0.25, -0.2) is 0 Å². The number of ketones is 3. The van der Waals surface area contributed by atoms with E-state index in [4.69, 9.17) is 0 Å². The molecule has 1 saturated carbocycles. The Morgan fingerprint density at radius 3 is 1.92 bits per heavy atom. The van der Waals surface area contributed by atoms with Crippen LogP contribution in [0.1, 0.15) is 115 Å². The average molecular weight is 537 g/mol. The molecule has 216 valence electrons. The van der Waals surface area contributed by atoms with E-state index in [-0.39, 0.29) is 47.4 Å². The fraction of sp³-hybridized carbons (Fsp3) is 0.629. The van der Waals surface area contributed by atoms with Crippen molar-refractivity contribution >= 4 is 17.3 Å². The zero-order chi connectivity index (χ0) is 29.9. The van der Waals surface area contributed by atoms with Crippen molar-refractivity contribution in [3.05, 3.63) is 57.9 Å². The first kappa shape index (κ1) is 32.7. The Morgan fingerprint density at radius 2 is 1.44 bits per heavy atom. The molecule has 0 aliphatic heterocycles. The SMILES string of the molecule is CC(C)=CCC[C@]1(C)[C@@H](CC=C(C)C)CC2(CC=C(C)C)C(=O)C(CC=C(C)C)=C(O)C1(C(=O)C(C)C)C2=O. The molecule has 0 saturated heterocycles. The lowest BCUT2D eigenvalue weighted by Crippen LogP contribution is -2.70. The van der Waals surface area contributed by atoms with Crippen LogP contribution in [0.15, 0.2) is 57.9 Å². The number of rotatable bonds is 11. The summed E-state index contributed by atoms with van der Waals surface area (Å²) < 4.78 is 0. The number of carbonyl (C=O) groups is 3. The maximum atomic E-state index is 15.0. The normalized spacial score (nSPS) is 28.3. The molecule has 2 aliphatic carbocycles. The van der Waals surface area contributed by atoms with Crippen molar-refractivity contribution in [3.63, 3.8) is 0 Å². The number of carbonyl (C=O) groups excluding carboxylic acids is 3. The third-order valence-electron chi connectivity index (χ3n) is 8.97. The summed E-state index contributed by atoms with van der Waals surface area (Å²) in [5.74, 6) is -1.87. The van der Waals surface area contributed by atoms with Gasteiger partial charge in [0.1, 0.15) is 5.76 Å². The zero-order valence-corrected chi connectivity index (χ0v) is 26.4. The maximum Gasteiger partial charge on any atom is 0.176 e. The van der Waals surface area contributed by atoms with Gasteiger partial charge in [0, 0.05) is 11.5 Å². The first-order valence-electron chi connectivity index (χ1n) is 14.6. The van der Waals surface area contributed by atoms with Crippen molar-refractivity contribution in [3.8, 4) is 0 Å². The number of fused-ring (bicyclic) bond motifs is 2. The fourth-order valence-electron chi connectivity index (χ4n) is 6.72. The zero-order valence-electron chi connectivity index (χ0n) is 26.4. The second-order valence-electron chi connectivity index (χ2n) is 13.5. The lowest BCUT2D eigenvalue weighted by atomic mass is 9.38. The Kier molecular flexibility index (Phi) is 10.4. The second kappa shape index (κ2) is 12.4. The van der Waals surface area contributed by atoms with Crippen molar-refractivity contribution < 1.29 is 19.5 Å². The molecule has 0 aromatic rings. The van der Waals surface area contributed by atoms with Gasteiger partial charge in [0.2, 0.25) is 0 Å². The van der Waals surface area contributed by atoms with Crippen molar-refractivity contribution in [2.24, 2.45) is 28.1 Å². The minimum atomic E-state index is -1.76. The van der Waals surface area contributed by atoms with Crippen molar-refractivity contribution in [2.75, 3.05) is 0 Å². The van der Waals surface area contributed by atoms with Crippen LogP contribution in [0.2, 0.25) is 0 Å². The van der Waals surface area contributed by atoms with Crippen molar-refractivity contribution in [1.82, 2.24) is 0 Å². The number of aliphatic hydroxyl groups is 1. The van der Waals surface area contributed by atoms with Crippen LogP contribution in [-0.4, -0.2) is 22.5 Å². The monoisotopic (exact) mass is 536 g/mol. The summed E-state index contributed by atoms with van der Waals surface area (Å²) in [6.07, 6.45) is 10.9. The minimum Gasteiger partial charge on any atom is -0.510 e. The molecule has 1 N–H and O–H groups in total. The van der Waals surface area contributed by atoms with Crippen LogP contribution in [0.5, 0.6) is 0 Å². The standard InChI is InChI=1S/C35H52O4/c1-22(2)13-12-19-33(11)27(16-14-23(3)4)21-34(20-18-25(7)8)30(37)28(17-15-24(5)6)31(38)35(33,32(34)39)29(36)26(9)10/h13-15,18,26-27,38H,12,16-17,19-21H2,1-11H3/t27-,33+,34?,35?/m0/s1. The second-order valence-corrected chi connectivity index (χ2v) is 13.5. The number of hydrogen-bond donors (Lipinski definition) is 1.